The van der Waals surface area contributed by atoms with E-state index < -0.39 is 24.0 Å². The second kappa shape index (κ2) is 9.80. The van der Waals surface area contributed by atoms with Gasteiger partial charge >= 0.3 is 12.1 Å². The molecule has 0 aromatic carbocycles. The van der Waals surface area contributed by atoms with Gasteiger partial charge < -0.3 is 29.4 Å². The van der Waals surface area contributed by atoms with E-state index in [1.54, 1.807) is 6.92 Å². The van der Waals surface area contributed by atoms with Gasteiger partial charge in [0.15, 0.2) is 5.79 Å². The Labute approximate surface area is 142 Å². The standard InChI is InChI=1S/C16H29NO7/c1-5-7-22-15(19)17-12-8-11(23-10-14(18)21-6-2)9-13(12)24-16(3,4)20/h11-13,20H,5-10H2,1-4H3,(H,17,19)/t11?,12?,13-/m1/s1. The van der Waals surface area contributed by atoms with Crippen molar-refractivity contribution in [1.82, 2.24) is 5.32 Å². The summed E-state index contributed by atoms with van der Waals surface area (Å²) in [5.41, 5.74) is 0. The largest absolute Gasteiger partial charge is 0.464 e. The second-order valence-electron chi connectivity index (χ2n) is 6.20. The molecule has 0 bridgehead atoms. The molecule has 0 aromatic rings. The average molecular weight is 347 g/mol. The van der Waals surface area contributed by atoms with E-state index in [-0.39, 0.29) is 18.8 Å². The molecule has 1 aliphatic carbocycles. The molecule has 0 heterocycles. The first-order valence-electron chi connectivity index (χ1n) is 8.35. The number of alkyl carbamates (subject to hydrolysis) is 1. The molecule has 1 fully saturated rings. The highest BCUT2D eigenvalue weighted by atomic mass is 16.6. The van der Waals surface area contributed by atoms with Crippen molar-refractivity contribution in [3.63, 3.8) is 0 Å². The van der Waals surface area contributed by atoms with Gasteiger partial charge in [0.05, 0.1) is 31.5 Å². The maximum atomic E-state index is 11.8. The first-order chi connectivity index (χ1) is 11.2. The van der Waals surface area contributed by atoms with Crippen LogP contribution in [0.5, 0.6) is 0 Å². The molecule has 24 heavy (non-hydrogen) atoms. The van der Waals surface area contributed by atoms with Crippen molar-refractivity contribution in [2.75, 3.05) is 19.8 Å². The number of hydrogen-bond acceptors (Lipinski definition) is 7. The molecular weight excluding hydrogens is 318 g/mol. The highest BCUT2D eigenvalue weighted by Crippen LogP contribution is 2.28. The molecule has 1 amide bonds. The van der Waals surface area contributed by atoms with E-state index >= 15 is 0 Å². The monoisotopic (exact) mass is 347 g/mol. The molecule has 8 heteroatoms. The Morgan fingerprint density at radius 2 is 1.92 bits per heavy atom. The molecule has 2 unspecified atom stereocenters. The third-order valence-electron chi connectivity index (χ3n) is 3.38. The third-order valence-corrected chi connectivity index (χ3v) is 3.38. The lowest BCUT2D eigenvalue weighted by atomic mass is 10.2. The van der Waals surface area contributed by atoms with Crippen LogP contribution in [-0.4, -0.2) is 61.0 Å². The lowest BCUT2D eigenvalue weighted by Crippen LogP contribution is -2.44. The summed E-state index contributed by atoms with van der Waals surface area (Å²) in [4.78, 5) is 23.1. The number of carbonyl (C=O) groups excluding carboxylic acids is 2. The van der Waals surface area contributed by atoms with Gasteiger partial charge in [0.2, 0.25) is 0 Å². The van der Waals surface area contributed by atoms with Crippen molar-refractivity contribution in [3.8, 4) is 0 Å². The molecule has 8 nitrogen and oxygen atoms in total. The molecule has 0 radical (unpaired) electrons. The van der Waals surface area contributed by atoms with E-state index in [1.165, 1.54) is 13.8 Å². The van der Waals surface area contributed by atoms with Gasteiger partial charge in [0.25, 0.3) is 0 Å². The zero-order chi connectivity index (χ0) is 18.2. The van der Waals surface area contributed by atoms with Gasteiger partial charge in [-0.2, -0.15) is 0 Å². The molecule has 0 aliphatic heterocycles. The summed E-state index contributed by atoms with van der Waals surface area (Å²) >= 11 is 0. The van der Waals surface area contributed by atoms with Crippen molar-refractivity contribution in [2.24, 2.45) is 0 Å². The summed E-state index contributed by atoms with van der Waals surface area (Å²) in [6.07, 6.45) is 0.387. The zero-order valence-electron chi connectivity index (χ0n) is 14.9. The Kier molecular flexibility index (Phi) is 8.44. The molecule has 1 rings (SSSR count). The van der Waals surface area contributed by atoms with Gasteiger partial charge in [-0.05, 0) is 33.6 Å². The lowest BCUT2D eigenvalue weighted by molar-refractivity contribution is -0.209. The Balaban J connectivity index is 2.57. The van der Waals surface area contributed by atoms with Crippen LogP contribution in [0.1, 0.15) is 47.0 Å². The minimum atomic E-state index is -1.34. The first kappa shape index (κ1) is 20.7. The minimum Gasteiger partial charge on any atom is -0.464 e. The van der Waals surface area contributed by atoms with Gasteiger partial charge in [-0.3, -0.25) is 0 Å². The van der Waals surface area contributed by atoms with Gasteiger partial charge in [-0.25, -0.2) is 9.59 Å². The lowest BCUT2D eigenvalue weighted by Gasteiger charge is -2.27. The highest BCUT2D eigenvalue weighted by Gasteiger charge is 2.39. The molecule has 0 saturated heterocycles. The average Bonchev–Trinajstić information content (AvgIpc) is 2.83. The van der Waals surface area contributed by atoms with Crippen molar-refractivity contribution in [1.29, 1.82) is 0 Å². The number of ether oxygens (including phenoxy) is 4. The van der Waals surface area contributed by atoms with Crippen molar-refractivity contribution >= 4 is 12.1 Å². The Morgan fingerprint density at radius 1 is 1.21 bits per heavy atom. The summed E-state index contributed by atoms with van der Waals surface area (Å²) in [6, 6.07) is -0.368. The molecule has 3 atom stereocenters. The summed E-state index contributed by atoms with van der Waals surface area (Å²) in [5, 5.41) is 12.6. The number of esters is 1. The van der Waals surface area contributed by atoms with Crippen molar-refractivity contribution in [3.05, 3.63) is 0 Å². The molecule has 2 N–H and O–H groups in total. The van der Waals surface area contributed by atoms with Crippen molar-refractivity contribution < 1.29 is 33.6 Å². The van der Waals surface area contributed by atoms with E-state index in [1.807, 2.05) is 6.92 Å². The fraction of sp³-hybridized carbons (Fsp3) is 0.875. The number of carbonyl (C=O) groups is 2. The predicted octanol–water partition coefficient (Wildman–Crippen LogP) is 1.35. The second-order valence-corrected chi connectivity index (χ2v) is 6.20. The van der Waals surface area contributed by atoms with E-state index in [9.17, 15) is 14.7 Å². The zero-order valence-corrected chi connectivity index (χ0v) is 14.9. The summed E-state index contributed by atoms with van der Waals surface area (Å²) in [7, 11) is 0. The van der Waals surface area contributed by atoms with E-state index in [0.29, 0.717) is 26.1 Å². The van der Waals surface area contributed by atoms with Crippen LogP contribution in [0.25, 0.3) is 0 Å². The van der Waals surface area contributed by atoms with Gasteiger partial charge in [0.1, 0.15) is 6.61 Å². The fourth-order valence-electron chi connectivity index (χ4n) is 2.52. The molecule has 1 saturated carbocycles. The Bertz CT molecular complexity index is 408. The topological polar surface area (TPSA) is 103 Å². The van der Waals surface area contributed by atoms with Gasteiger partial charge in [-0.1, -0.05) is 6.92 Å². The Hall–Kier alpha value is -1.38. The molecular formula is C16H29NO7. The van der Waals surface area contributed by atoms with Crippen LogP contribution in [0.4, 0.5) is 4.79 Å². The number of aliphatic hydroxyl groups is 1. The number of rotatable bonds is 9. The Morgan fingerprint density at radius 3 is 2.50 bits per heavy atom. The number of hydrogen-bond donors (Lipinski definition) is 2. The van der Waals surface area contributed by atoms with Crippen LogP contribution in [0.15, 0.2) is 0 Å². The maximum absolute atomic E-state index is 11.8. The maximum Gasteiger partial charge on any atom is 0.407 e. The summed E-state index contributed by atoms with van der Waals surface area (Å²) in [6.45, 7) is 7.15. The smallest absolute Gasteiger partial charge is 0.407 e. The summed E-state index contributed by atoms with van der Waals surface area (Å²) < 4.78 is 21.0. The minimum absolute atomic E-state index is 0.152. The predicted molar refractivity (Wildman–Crippen MR) is 85.3 cm³/mol. The van der Waals surface area contributed by atoms with Crippen LogP contribution >= 0.6 is 0 Å². The molecule has 140 valence electrons. The quantitative estimate of drug-likeness (QED) is 0.479. The van der Waals surface area contributed by atoms with E-state index in [2.05, 4.69) is 5.32 Å². The van der Waals surface area contributed by atoms with Crippen LogP contribution in [0, 0.1) is 0 Å². The van der Waals surface area contributed by atoms with Crippen molar-refractivity contribution in [2.45, 2.75) is 71.0 Å². The van der Waals surface area contributed by atoms with Crippen LogP contribution in [0.3, 0.4) is 0 Å². The van der Waals surface area contributed by atoms with Crippen LogP contribution in [-0.2, 0) is 23.7 Å². The number of nitrogens with one attached hydrogen (secondary N) is 1. The van der Waals surface area contributed by atoms with E-state index in [4.69, 9.17) is 18.9 Å². The molecule has 0 spiro atoms. The van der Waals surface area contributed by atoms with Crippen LogP contribution < -0.4 is 5.32 Å². The van der Waals surface area contributed by atoms with Gasteiger partial charge in [-0.15, -0.1) is 0 Å². The summed E-state index contributed by atoms with van der Waals surface area (Å²) in [5.74, 6) is -1.77. The van der Waals surface area contributed by atoms with E-state index in [0.717, 1.165) is 6.42 Å². The molecule has 0 aromatic heterocycles. The third kappa shape index (κ3) is 7.94. The fourth-order valence-corrected chi connectivity index (χ4v) is 2.52. The molecule has 1 aliphatic rings. The number of amides is 1. The SMILES string of the molecule is CCCOC(=O)NC1CC(OCC(=O)OCC)C[C@H]1OC(C)(C)O. The van der Waals surface area contributed by atoms with Crippen LogP contribution in [0.2, 0.25) is 0 Å². The first-order valence-corrected chi connectivity index (χ1v) is 8.35. The van der Waals surface area contributed by atoms with Gasteiger partial charge in [0, 0.05) is 6.42 Å². The highest BCUT2D eigenvalue weighted by molar-refractivity contribution is 5.70. The normalized spacial score (nSPS) is 23.8.